The van der Waals surface area contributed by atoms with Gasteiger partial charge in [-0.05, 0) is 45.2 Å². The number of aryl methyl sites for hydroxylation is 3. The first-order valence-electron chi connectivity index (χ1n) is 10.4. The second-order valence-electron chi connectivity index (χ2n) is 8.73. The van der Waals surface area contributed by atoms with E-state index in [0.717, 1.165) is 26.0 Å². The molecular formula is C23H25F3N2O4S. The number of esters is 1. The maximum Gasteiger partial charge on any atom is 0.390 e. The number of ether oxygens (including phenoxy) is 1. The molecule has 0 spiro atoms. The molecule has 0 bridgehead atoms. The first-order chi connectivity index (χ1) is 15.3. The highest BCUT2D eigenvalue weighted by Gasteiger charge is 2.30. The predicted molar refractivity (Wildman–Crippen MR) is 121 cm³/mol. The number of carbonyl (C=O) groups is 1. The van der Waals surface area contributed by atoms with Gasteiger partial charge in [-0.3, -0.25) is 13.9 Å². The lowest BCUT2D eigenvalue weighted by Gasteiger charge is -2.19. The quantitative estimate of drug-likeness (QED) is 0.478. The van der Waals surface area contributed by atoms with Crippen LogP contribution >= 0.6 is 11.3 Å². The molecule has 3 aromatic rings. The van der Waals surface area contributed by atoms with E-state index in [1.165, 1.54) is 0 Å². The van der Waals surface area contributed by atoms with Crippen molar-refractivity contribution in [2.75, 3.05) is 0 Å². The highest BCUT2D eigenvalue weighted by molar-refractivity contribution is 7.20. The lowest BCUT2D eigenvalue weighted by atomic mass is 10.1. The number of thiophene rings is 1. The van der Waals surface area contributed by atoms with E-state index in [9.17, 15) is 27.6 Å². The lowest BCUT2D eigenvalue weighted by molar-refractivity contribution is -0.136. The van der Waals surface area contributed by atoms with Crippen LogP contribution in [0.15, 0.2) is 39.9 Å². The monoisotopic (exact) mass is 482 g/mol. The molecule has 0 fully saturated rings. The molecule has 0 unspecified atom stereocenters. The summed E-state index contributed by atoms with van der Waals surface area (Å²) in [4.78, 5) is 39.2. The van der Waals surface area contributed by atoms with E-state index in [0.29, 0.717) is 12.0 Å². The Bertz CT molecular complexity index is 1280. The minimum atomic E-state index is -4.49. The summed E-state index contributed by atoms with van der Waals surface area (Å²) in [5.74, 6) is -0.689. The van der Waals surface area contributed by atoms with E-state index in [1.807, 2.05) is 30.3 Å². The van der Waals surface area contributed by atoms with Crippen LogP contribution in [0.1, 0.15) is 48.0 Å². The molecule has 0 aliphatic carbocycles. The third-order valence-electron chi connectivity index (χ3n) is 4.96. The fourth-order valence-corrected chi connectivity index (χ4v) is 4.63. The molecule has 0 amide bonds. The van der Waals surface area contributed by atoms with Crippen LogP contribution in [0.4, 0.5) is 13.2 Å². The number of alkyl halides is 3. The van der Waals surface area contributed by atoms with Crippen molar-refractivity contribution in [2.24, 2.45) is 0 Å². The van der Waals surface area contributed by atoms with E-state index < -0.39 is 42.0 Å². The van der Waals surface area contributed by atoms with Crippen molar-refractivity contribution >= 4 is 27.5 Å². The minimum absolute atomic E-state index is 0.000690. The number of rotatable bonds is 6. The number of nitrogens with zero attached hydrogens (tertiary/aromatic N) is 2. The Hall–Kier alpha value is -2.88. The molecule has 0 N–H and O–H groups in total. The molecule has 33 heavy (non-hydrogen) atoms. The molecular weight excluding hydrogens is 457 g/mol. The van der Waals surface area contributed by atoms with Crippen LogP contribution in [-0.4, -0.2) is 26.9 Å². The van der Waals surface area contributed by atoms with Gasteiger partial charge in [-0.1, -0.05) is 30.3 Å². The van der Waals surface area contributed by atoms with Crippen LogP contribution in [0.3, 0.4) is 0 Å². The van der Waals surface area contributed by atoms with Gasteiger partial charge in [0.1, 0.15) is 15.3 Å². The zero-order chi connectivity index (χ0) is 24.6. The standard InChI is InChI=1S/C23H25F3N2O4S/c1-14-16-18(29)27(12-10-15-8-6-5-7-9-15)21(31)28(13-11-23(24,25)26)19(16)33-17(14)20(30)32-22(2,3)4/h5-9H,10-13H2,1-4H3. The van der Waals surface area contributed by atoms with Crippen molar-refractivity contribution in [2.45, 2.75) is 65.4 Å². The van der Waals surface area contributed by atoms with Gasteiger partial charge in [0.2, 0.25) is 0 Å². The van der Waals surface area contributed by atoms with Crippen molar-refractivity contribution in [1.29, 1.82) is 0 Å². The van der Waals surface area contributed by atoms with E-state index in [1.54, 1.807) is 27.7 Å². The molecule has 0 aliphatic heterocycles. The van der Waals surface area contributed by atoms with Crippen LogP contribution in [0.25, 0.3) is 10.2 Å². The lowest BCUT2D eigenvalue weighted by Crippen LogP contribution is -2.40. The summed E-state index contributed by atoms with van der Waals surface area (Å²) in [6, 6.07) is 9.14. The summed E-state index contributed by atoms with van der Waals surface area (Å²) >= 11 is 0.809. The largest absolute Gasteiger partial charge is 0.456 e. The van der Waals surface area contributed by atoms with Gasteiger partial charge in [0, 0.05) is 13.1 Å². The van der Waals surface area contributed by atoms with Crippen LogP contribution in [0.5, 0.6) is 0 Å². The van der Waals surface area contributed by atoms with Crippen molar-refractivity contribution in [3.63, 3.8) is 0 Å². The zero-order valence-corrected chi connectivity index (χ0v) is 19.6. The molecule has 0 atom stereocenters. The molecule has 178 valence electrons. The zero-order valence-electron chi connectivity index (χ0n) is 18.8. The van der Waals surface area contributed by atoms with E-state index in [4.69, 9.17) is 4.74 Å². The maximum atomic E-state index is 13.2. The summed E-state index contributed by atoms with van der Waals surface area (Å²) in [6.07, 6.45) is -5.38. The van der Waals surface area contributed by atoms with Gasteiger partial charge in [-0.2, -0.15) is 13.2 Å². The first-order valence-corrected chi connectivity index (χ1v) is 11.2. The second kappa shape index (κ2) is 9.17. The van der Waals surface area contributed by atoms with Gasteiger partial charge in [0.25, 0.3) is 5.56 Å². The molecule has 6 nitrogen and oxygen atoms in total. The van der Waals surface area contributed by atoms with E-state index in [-0.39, 0.29) is 21.6 Å². The van der Waals surface area contributed by atoms with Crippen LogP contribution < -0.4 is 11.2 Å². The summed E-state index contributed by atoms with van der Waals surface area (Å²) in [6.45, 7) is 5.94. The number of benzene rings is 1. The summed E-state index contributed by atoms with van der Waals surface area (Å²) in [7, 11) is 0. The fourth-order valence-electron chi connectivity index (χ4n) is 3.43. The Morgan fingerprint density at radius 2 is 1.67 bits per heavy atom. The Morgan fingerprint density at radius 3 is 2.24 bits per heavy atom. The average Bonchev–Trinajstić information content (AvgIpc) is 3.04. The van der Waals surface area contributed by atoms with Gasteiger partial charge in [0.15, 0.2) is 0 Å². The van der Waals surface area contributed by atoms with Crippen molar-refractivity contribution in [1.82, 2.24) is 9.13 Å². The number of carbonyl (C=O) groups excluding carboxylic acids is 1. The number of hydrogen-bond acceptors (Lipinski definition) is 5. The van der Waals surface area contributed by atoms with Crippen molar-refractivity contribution < 1.29 is 22.7 Å². The third-order valence-corrected chi connectivity index (χ3v) is 6.26. The van der Waals surface area contributed by atoms with Gasteiger partial charge >= 0.3 is 17.8 Å². The average molecular weight is 483 g/mol. The highest BCUT2D eigenvalue weighted by Crippen LogP contribution is 2.30. The molecule has 0 saturated carbocycles. The van der Waals surface area contributed by atoms with Gasteiger partial charge in [-0.25, -0.2) is 9.59 Å². The van der Waals surface area contributed by atoms with Gasteiger partial charge in [-0.15, -0.1) is 11.3 Å². The molecule has 1 aromatic carbocycles. The number of halogens is 3. The Morgan fingerprint density at radius 1 is 1.03 bits per heavy atom. The highest BCUT2D eigenvalue weighted by atomic mass is 32.1. The van der Waals surface area contributed by atoms with Crippen LogP contribution in [0, 0.1) is 6.92 Å². The summed E-state index contributed by atoms with van der Waals surface area (Å²) in [5.41, 5.74) is -1.08. The predicted octanol–water partition coefficient (Wildman–Crippen LogP) is 4.68. The van der Waals surface area contributed by atoms with E-state index >= 15 is 0 Å². The molecule has 3 rings (SSSR count). The number of hydrogen-bond donors (Lipinski definition) is 0. The topological polar surface area (TPSA) is 70.3 Å². The van der Waals surface area contributed by atoms with Gasteiger partial charge < -0.3 is 4.74 Å². The smallest absolute Gasteiger partial charge is 0.390 e. The Labute approximate surface area is 192 Å². The second-order valence-corrected chi connectivity index (χ2v) is 9.73. The van der Waals surface area contributed by atoms with Crippen LogP contribution in [0.2, 0.25) is 0 Å². The Balaban J connectivity index is 2.16. The SMILES string of the molecule is Cc1c(C(=O)OC(C)(C)C)sc2c1c(=O)n(CCc1ccccc1)c(=O)n2CCC(F)(F)F. The number of fused-ring (bicyclic) bond motifs is 1. The van der Waals surface area contributed by atoms with Gasteiger partial charge in [0.05, 0.1) is 11.8 Å². The molecule has 0 aliphatic rings. The van der Waals surface area contributed by atoms with Crippen LogP contribution in [-0.2, 0) is 24.2 Å². The minimum Gasteiger partial charge on any atom is -0.456 e. The Kier molecular flexibility index (Phi) is 6.88. The summed E-state index contributed by atoms with van der Waals surface area (Å²) in [5, 5.41) is 0.0655. The molecule has 0 saturated heterocycles. The fraction of sp³-hybridized carbons (Fsp3) is 0.435. The van der Waals surface area contributed by atoms with E-state index in [2.05, 4.69) is 0 Å². The van der Waals surface area contributed by atoms with Crippen molar-refractivity contribution in [3.05, 3.63) is 67.2 Å². The molecule has 2 aromatic heterocycles. The first kappa shape index (κ1) is 24.8. The normalized spacial score (nSPS) is 12.3. The molecule has 0 radical (unpaired) electrons. The third kappa shape index (κ3) is 5.73. The van der Waals surface area contributed by atoms with Crippen molar-refractivity contribution in [3.8, 4) is 0 Å². The maximum absolute atomic E-state index is 13.2. The summed E-state index contributed by atoms with van der Waals surface area (Å²) < 4.78 is 46.2. The molecule has 10 heteroatoms. The molecule has 2 heterocycles. The number of aromatic nitrogens is 2.